The maximum absolute atomic E-state index is 13.1. The lowest BCUT2D eigenvalue weighted by molar-refractivity contribution is -0.125. The molecule has 0 unspecified atom stereocenters. The molecule has 1 saturated heterocycles. The SMILES string of the molecule is O=C(NO)c1ccc2c(c1)C[C@]1(CCN(c3ccncc3)C1=O)C2. The van der Waals surface area contributed by atoms with Crippen molar-refractivity contribution >= 4 is 17.5 Å². The van der Waals surface area contributed by atoms with Crippen LogP contribution in [-0.2, 0) is 17.6 Å². The van der Waals surface area contributed by atoms with Gasteiger partial charge in [0.25, 0.3) is 5.91 Å². The van der Waals surface area contributed by atoms with Gasteiger partial charge in [-0.15, -0.1) is 0 Å². The molecule has 122 valence electrons. The Morgan fingerprint density at radius 3 is 2.67 bits per heavy atom. The summed E-state index contributed by atoms with van der Waals surface area (Å²) in [5, 5.41) is 8.78. The molecule has 2 N–H and O–H groups in total. The van der Waals surface area contributed by atoms with Gasteiger partial charge in [-0.1, -0.05) is 6.07 Å². The van der Waals surface area contributed by atoms with E-state index in [-0.39, 0.29) is 5.91 Å². The largest absolute Gasteiger partial charge is 0.312 e. The van der Waals surface area contributed by atoms with Gasteiger partial charge in [-0.05, 0) is 54.7 Å². The number of rotatable bonds is 2. The minimum absolute atomic E-state index is 0.137. The Bertz CT molecular complexity index is 822. The van der Waals surface area contributed by atoms with Gasteiger partial charge in [-0.3, -0.25) is 19.8 Å². The number of hydrogen-bond acceptors (Lipinski definition) is 4. The Hall–Kier alpha value is -2.73. The summed E-state index contributed by atoms with van der Waals surface area (Å²) in [6.07, 6.45) is 5.51. The van der Waals surface area contributed by atoms with Gasteiger partial charge in [0.2, 0.25) is 5.91 Å². The van der Waals surface area contributed by atoms with Crippen molar-refractivity contribution < 1.29 is 14.8 Å². The zero-order valence-corrected chi connectivity index (χ0v) is 13.0. The molecule has 2 heterocycles. The number of hydrogen-bond donors (Lipinski definition) is 2. The van der Waals surface area contributed by atoms with Crippen molar-refractivity contribution in [3.63, 3.8) is 0 Å². The highest BCUT2D eigenvalue weighted by Gasteiger charge is 2.50. The fraction of sp³-hybridized carbons (Fsp3) is 0.278. The van der Waals surface area contributed by atoms with Gasteiger partial charge in [-0.25, -0.2) is 5.48 Å². The van der Waals surface area contributed by atoms with E-state index in [1.165, 1.54) is 0 Å². The van der Waals surface area contributed by atoms with Gasteiger partial charge in [0.05, 0.1) is 5.41 Å². The molecule has 24 heavy (non-hydrogen) atoms. The second kappa shape index (κ2) is 5.42. The quantitative estimate of drug-likeness (QED) is 0.651. The molecule has 1 spiro atoms. The zero-order valence-electron chi connectivity index (χ0n) is 13.0. The molecule has 6 nitrogen and oxygen atoms in total. The van der Waals surface area contributed by atoms with Crippen LogP contribution in [0.25, 0.3) is 0 Å². The van der Waals surface area contributed by atoms with E-state index in [4.69, 9.17) is 5.21 Å². The highest BCUT2D eigenvalue weighted by atomic mass is 16.5. The first-order valence-electron chi connectivity index (χ1n) is 7.91. The molecular weight excluding hydrogens is 306 g/mol. The normalized spacial score (nSPS) is 22.0. The standard InChI is InChI=1S/C18H17N3O3/c22-16(20-24)12-1-2-13-10-18(11-14(13)9-12)5-8-21(17(18)23)15-3-6-19-7-4-15/h1-4,6-7,9,24H,5,8,10-11H2,(H,20,22)/t18-/m0/s1. The highest BCUT2D eigenvalue weighted by Crippen LogP contribution is 2.46. The maximum atomic E-state index is 13.1. The number of carbonyl (C=O) groups excluding carboxylic acids is 2. The summed E-state index contributed by atoms with van der Waals surface area (Å²) in [5.41, 5.74) is 4.64. The Morgan fingerprint density at radius 2 is 1.92 bits per heavy atom. The molecule has 1 atom stereocenters. The van der Waals surface area contributed by atoms with Crippen LogP contribution in [0.3, 0.4) is 0 Å². The van der Waals surface area contributed by atoms with E-state index >= 15 is 0 Å². The predicted molar refractivity (Wildman–Crippen MR) is 86.7 cm³/mol. The van der Waals surface area contributed by atoms with E-state index in [9.17, 15) is 9.59 Å². The van der Waals surface area contributed by atoms with E-state index in [0.717, 1.165) is 23.2 Å². The van der Waals surface area contributed by atoms with E-state index < -0.39 is 11.3 Å². The summed E-state index contributed by atoms with van der Waals surface area (Å²) in [5.74, 6) is -0.395. The molecule has 1 aliphatic heterocycles. The summed E-state index contributed by atoms with van der Waals surface area (Å²) >= 11 is 0. The summed E-state index contributed by atoms with van der Waals surface area (Å²) in [4.78, 5) is 30.5. The molecule has 4 rings (SSSR count). The molecular formula is C18H17N3O3. The maximum Gasteiger partial charge on any atom is 0.274 e. The van der Waals surface area contributed by atoms with Crippen molar-refractivity contribution in [2.75, 3.05) is 11.4 Å². The first kappa shape index (κ1) is 14.8. The average Bonchev–Trinajstić information content (AvgIpc) is 3.15. The Kier molecular flexibility index (Phi) is 3.35. The van der Waals surface area contributed by atoms with Crippen molar-refractivity contribution in [2.45, 2.75) is 19.3 Å². The molecule has 1 aromatic heterocycles. The van der Waals surface area contributed by atoms with Crippen LogP contribution in [0.2, 0.25) is 0 Å². The minimum atomic E-state index is -0.532. The fourth-order valence-corrected chi connectivity index (χ4v) is 3.88. The van der Waals surface area contributed by atoms with Crippen LogP contribution in [-0.4, -0.2) is 28.6 Å². The number of fused-ring (bicyclic) bond motifs is 1. The molecule has 2 aromatic rings. The van der Waals surface area contributed by atoms with E-state index in [1.54, 1.807) is 30.0 Å². The summed E-state index contributed by atoms with van der Waals surface area (Å²) in [6, 6.07) is 9.05. The number of aromatic nitrogens is 1. The van der Waals surface area contributed by atoms with Crippen LogP contribution in [0.4, 0.5) is 5.69 Å². The number of anilines is 1. The summed E-state index contributed by atoms with van der Waals surface area (Å²) < 4.78 is 0. The molecule has 1 aromatic carbocycles. The van der Waals surface area contributed by atoms with Crippen LogP contribution >= 0.6 is 0 Å². The fourth-order valence-electron chi connectivity index (χ4n) is 3.88. The molecule has 1 fully saturated rings. The van der Waals surface area contributed by atoms with Crippen LogP contribution in [0, 0.1) is 5.41 Å². The number of nitrogens with one attached hydrogen (secondary N) is 1. The average molecular weight is 323 g/mol. The van der Waals surface area contributed by atoms with Crippen molar-refractivity contribution in [1.82, 2.24) is 10.5 Å². The zero-order chi connectivity index (χ0) is 16.7. The molecule has 1 aliphatic carbocycles. The van der Waals surface area contributed by atoms with Crippen LogP contribution in [0.1, 0.15) is 27.9 Å². The second-order valence-corrected chi connectivity index (χ2v) is 6.47. The third kappa shape index (κ3) is 2.18. The molecule has 6 heteroatoms. The van der Waals surface area contributed by atoms with Gasteiger partial charge in [0, 0.05) is 30.2 Å². The second-order valence-electron chi connectivity index (χ2n) is 6.47. The molecule has 0 radical (unpaired) electrons. The lowest BCUT2D eigenvalue weighted by atomic mass is 9.83. The Balaban J connectivity index is 1.62. The lowest BCUT2D eigenvalue weighted by Gasteiger charge is -2.22. The smallest absolute Gasteiger partial charge is 0.274 e. The van der Waals surface area contributed by atoms with Gasteiger partial charge < -0.3 is 4.90 Å². The Morgan fingerprint density at radius 1 is 1.17 bits per heavy atom. The van der Waals surface area contributed by atoms with Gasteiger partial charge in [0.1, 0.15) is 0 Å². The lowest BCUT2D eigenvalue weighted by Crippen LogP contribution is -2.35. The molecule has 2 amide bonds. The van der Waals surface area contributed by atoms with Gasteiger partial charge >= 0.3 is 0 Å². The predicted octanol–water partition coefficient (Wildman–Crippen LogP) is 1.72. The first-order valence-corrected chi connectivity index (χ1v) is 7.91. The van der Waals surface area contributed by atoms with E-state index in [1.807, 2.05) is 23.1 Å². The van der Waals surface area contributed by atoms with Crippen molar-refractivity contribution in [1.29, 1.82) is 0 Å². The topological polar surface area (TPSA) is 82.5 Å². The van der Waals surface area contributed by atoms with Crippen LogP contribution in [0.5, 0.6) is 0 Å². The highest BCUT2D eigenvalue weighted by molar-refractivity contribution is 6.01. The molecule has 2 aliphatic rings. The Labute approximate surface area is 139 Å². The summed E-state index contributed by atoms with van der Waals surface area (Å²) in [7, 11) is 0. The van der Waals surface area contributed by atoms with Crippen LogP contribution < -0.4 is 10.4 Å². The van der Waals surface area contributed by atoms with Crippen molar-refractivity contribution in [3.8, 4) is 0 Å². The van der Waals surface area contributed by atoms with Crippen LogP contribution in [0.15, 0.2) is 42.7 Å². The molecule has 0 saturated carbocycles. The number of carbonyl (C=O) groups is 2. The number of pyridine rings is 1. The first-order chi connectivity index (χ1) is 11.6. The number of hydroxylamine groups is 1. The van der Waals surface area contributed by atoms with Gasteiger partial charge in [-0.2, -0.15) is 0 Å². The number of nitrogens with zero attached hydrogens (tertiary/aromatic N) is 2. The number of amides is 2. The van der Waals surface area contributed by atoms with E-state index in [0.29, 0.717) is 24.9 Å². The third-order valence-corrected chi connectivity index (χ3v) is 5.11. The van der Waals surface area contributed by atoms with Crippen molar-refractivity contribution in [2.24, 2.45) is 5.41 Å². The summed E-state index contributed by atoms with van der Waals surface area (Å²) in [6.45, 7) is 0.695. The number of benzene rings is 1. The third-order valence-electron chi connectivity index (χ3n) is 5.11. The molecule has 0 bridgehead atoms. The van der Waals surface area contributed by atoms with E-state index in [2.05, 4.69) is 4.98 Å². The monoisotopic (exact) mass is 323 g/mol. The van der Waals surface area contributed by atoms with Gasteiger partial charge in [0.15, 0.2) is 0 Å². The minimum Gasteiger partial charge on any atom is -0.312 e. The van der Waals surface area contributed by atoms with Crippen molar-refractivity contribution in [3.05, 3.63) is 59.4 Å².